The zero-order chi connectivity index (χ0) is 15.0. The van der Waals surface area contributed by atoms with Gasteiger partial charge >= 0.3 is 0 Å². The molecule has 0 fully saturated rings. The van der Waals surface area contributed by atoms with E-state index < -0.39 is 15.7 Å². The topological polar surface area (TPSA) is 73.1 Å². The van der Waals surface area contributed by atoms with Gasteiger partial charge in [-0.25, -0.2) is 12.8 Å². The van der Waals surface area contributed by atoms with Gasteiger partial charge < -0.3 is 5.73 Å². The predicted molar refractivity (Wildman–Crippen MR) is 78.0 cm³/mol. The van der Waals surface area contributed by atoms with Crippen LogP contribution in [0.3, 0.4) is 0 Å². The van der Waals surface area contributed by atoms with Gasteiger partial charge in [0.1, 0.15) is 5.82 Å². The molecule has 1 heterocycles. The van der Waals surface area contributed by atoms with Gasteiger partial charge in [0.05, 0.1) is 21.0 Å². The largest absolute Gasteiger partial charge is 0.395 e. The molecule has 106 valence electrons. The first kappa shape index (κ1) is 13.5. The quantitative estimate of drug-likeness (QED) is 0.739. The molecular weight excluding hydrogens is 291 g/mol. The van der Waals surface area contributed by atoms with Crippen molar-refractivity contribution in [3.05, 3.63) is 60.5 Å². The minimum atomic E-state index is -3.95. The molecule has 6 heteroatoms. The van der Waals surface area contributed by atoms with Crippen molar-refractivity contribution >= 4 is 26.4 Å². The average molecular weight is 302 g/mol. The first-order valence-corrected chi connectivity index (χ1v) is 7.63. The number of para-hydroxylation sites is 2. The van der Waals surface area contributed by atoms with Crippen LogP contribution >= 0.6 is 0 Å². The minimum Gasteiger partial charge on any atom is -0.395 e. The van der Waals surface area contributed by atoms with E-state index in [0.717, 1.165) is 6.07 Å². The summed E-state index contributed by atoms with van der Waals surface area (Å²) in [6.07, 6.45) is 1.51. The van der Waals surface area contributed by atoms with Crippen LogP contribution in [0, 0.1) is 5.82 Å². The summed E-state index contributed by atoms with van der Waals surface area (Å²) in [5.74, 6) is -0.760. The van der Waals surface area contributed by atoms with Crippen molar-refractivity contribution in [2.24, 2.45) is 0 Å². The number of hydrogen-bond acceptors (Lipinski definition) is 4. The van der Waals surface area contributed by atoms with Crippen molar-refractivity contribution in [3.8, 4) is 0 Å². The van der Waals surface area contributed by atoms with Gasteiger partial charge in [-0.05, 0) is 24.3 Å². The highest BCUT2D eigenvalue weighted by molar-refractivity contribution is 7.91. The second-order valence-electron chi connectivity index (χ2n) is 4.49. The molecule has 0 bridgehead atoms. The standard InChI is InChI=1S/C15H11FN2O2S/c16-11-6-2-7-12(14(11)17)21(19,20)13-8-1-4-10-5-3-9-18-15(10)13/h1-9H,17H2. The number of nitrogens with zero attached hydrogens (tertiary/aromatic N) is 1. The number of rotatable bonds is 2. The third-order valence-electron chi connectivity index (χ3n) is 3.19. The van der Waals surface area contributed by atoms with Crippen molar-refractivity contribution < 1.29 is 12.8 Å². The van der Waals surface area contributed by atoms with Crippen molar-refractivity contribution in [1.29, 1.82) is 0 Å². The van der Waals surface area contributed by atoms with Crippen molar-refractivity contribution in [1.82, 2.24) is 4.98 Å². The van der Waals surface area contributed by atoms with Crippen LogP contribution in [0.2, 0.25) is 0 Å². The normalized spacial score (nSPS) is 11.7. The Morgan fingerprint density at radius 2 is 1.62 bits per heavy atom. The molecule has 0 unspecified atom stereocenters. The van der Waals surface area contributed by atoms with Crippen molar-refractivity contribution in [2.45, 2.75) is 9.79 Å². The van der Waals surface area contributed by atoms with Crippen molar-refractivity contribution in [2.75, 3.05) is 5.73 Å². The Kier molecular flexibility index (Phi) is 3.10. The molecule has 0 saturated heterocycles. The fourth-order valence-corrected chi connectivity index (χ4v) is 3.73. The van der Waals surface area contributed by atoms with Crippen LogP contribution < -0.4 is 5.73 Å². The maximum absolute atomic E-state index is 13.5. The molecule has 3 rings (SSSR count). The second kappa shape index (κ2) is 4.82. The van der Waals surface area contributed by atoms with Crippen LogP contribution in [-0.4, -0.2) is 13.4 Å². The number of pyridine rings is 1. The summed E-state index contributed by atoms with van der Waals surface area (Å²) in [5, 5.41) is 0.688. The van der Waals surface area contributed by atoms with Crippen LogP contribution in [0.4, 0.5) is 10.1 Å². The van der Waals surface area contributed by atoms with Crippen LogP contribution in [0.5, 0.6) is 0 Å². The Labute approximate surface area is 121 Å². The number of anilines is 1. The molecule has 4 nitrogen and oxygen atoms in total. The number of benzene rings is 2. The molecule has 0 spiro atoms. The van der Waals surface area contributed by atoms with E-state index in [1.807, 2.05) is 0 Å². The molecule has 2 N–H and O–H groups in total. The highest BCUT2D eigenvalue weighted by atomic mass is 32.2. The molecule has 3 aromatic rings. The van der Waals surface area contributed by atoms with Gasteiger partial charge in [-0.2, -0.15) is 0 Å². The Morgan fingerprint density at radius 1 is 0.952 bits per heavy atom. The van der Waals surface area contributed by atoms with Gasteiger partial charge in [0, 0.05) is 11.6 Å². The number of halogens is 1. The smallest absolute Gasteiger partial charge is 0.210 e. The number of aromatic nitrogens is 1. The lowest BCUT2D eigenvalue weighted by molar-refractivity contribution is 0.593. The molecular formula is C15H11FN2O2S. The van der Waals surface area contributed by atoms with E-state index in [9.17, 15) is 12.8 Å². The van der Waals surface area contributed by atoms with Gasteiger partial charge in [0.2, 0.25) is 9.84 Å². The Hall–Kier alpha value is -2.47. The van der Waals surface area contributed by atoms with E-state index in [2.05, 4.69) is 4.98 Å². The van der Waals surface area contributed by atoms with E-state index in [1.54, 1.807) is 24.3 Å². The van der Waals surface area contributed by atoms with Crippen LogP contribution in [-0.2, 0) is 9.84 Å². The van der Waals surface area contributed by atoms with Gasteiger partial charge in [-0.15, -0.1) is 0 Å². The monoisotopic (exact) mass is 302 g/mol. The highest BCUT2D eigenvalue weighted by Crippen LogP contribution is 2.30. The number of hydrogen-bond donors (Lipinski definition) is 1. The van der Waals surface area contributed by atoms with Crippen molar-refractivity contribution in [3.63, 3.8) is 0 Å². The molecule has 0 aliphatic heterocycles. The van der Waals surface area contributed by atoms with Crippen LogP contribution in [0.15, 0.2) is 64.5 Å². The maximum atomic E-state index is 13.5. The molecule has 1 aromatic heterocycles. The highest BCUT2D eigenvalue weighted by Gasteiger charge is 2.24. The number of fused-ring (bicyclic) bond motifs is 1. The van der Waals surface area contributed by atoms with E-state index in [-0.39, 0.29) is 15.5 Å². The Bertz CT molecular complexity index is 934. The first-order valence-electron chi connectivity index (χ1n) is 6.14. The summed E-state index contributed by atoms with van der Waals surface area (Å²) in [6.45, 7) is 0. The summed E-state index contributed by atoms with van der Waals surface area (Å²) in [4.78, 5) is 3.87. The van der Waals surface area contributed by atoms with Crippen LogP contribution in [0.25, 0.3) is 10.9 Å². The lowest BCUT2D eigenvalue weighted by Crippen LogP contribution is -2.08. The third-order valence-corrected chi connectivity index (χ3v) is 5.03. The molecule has 21 heavy (non-hydrogen) atoms. The van der Waals surface area contributed by atoms with E-state index in [4.69, 9.17) is 5.73 Å². The average Bonchev–Trinajstić information content (AvgIpc) is 2.49. The molecule has 0 aliphatic rings. The van der Waals surface area contributed by atoms with E-state index >= 15 is 0 Å². The predicted octanol–water partition coefficient (Wildman–Crippen LogP) is 2.79. The van der Waals surface area contributed by atoms with Gasteiger partial charge in [-0.3, -0.25) is 4.98 Å². The second-order valence-corrected chi connectivity index (χ2v) is 6.37. The maximum Gasteiger partial charge on any atom is 0.210 e. The molecule has 2 aromatic carbocycles. The number of sulfone groups is 1. The zero-order valence-electron chi connectivity index (χ0n) is 10.8. The summed E-state index contributed by atoms with van der Waals surface area (Å²) in [7, 11) is -3.95. The van der Waals surface area contributed by atoms with Gasteiger partial charge in [0.25, 0.3) is 0 Å². The summed E-state index contributed by atoms with van der Waals surface area (Å²) >= 11 is 0. The first-order chi connectivity index (χ1) is 10.0. The Balaban J connectivity index is 2.34. The molecule has 0 amide bonds. The van der Waals surface area contributed by atoms with E-state index in [1.165, 1.54) is 24.4 Å². The number of nitrogens with two attached hydrogens (primary N) is 1. The summed E-state index contributed by atoms with van der Waals surface area (Å²) in [6, 6.07) is 12.0. The summed E-state index contributed by atoms with van der Waals surface area (Å²) < 4.78 is 39.0. The Morgan fingerprint density at radius 3 is 2.43 bits per heavy atom. The summed E-state index contributed by atoms with van der Waals surface area (Å²) in [5.41, 5.74) is 5.53. The van der Waals surface area contributed by atoms with Gasteiger partial charge in [-0.1, -0.05) is 24.3 Å². The molecule has 0 aliphatic carbocycles. The van der Waals surface area contributed by atoms with Gasteiger partial charge in [0.15, 0.2) is 0 Å². The molecule has 0 radical (unpaired) electrons. The SMILES string of the molecule is Nc1c(F)cccc1S(=O)(=O)c1cccc2cccnc12. The minimum absolute atomic E-state index is 0.0119. The van der Waals surface area contributed by atoms with Crippen LogP contribution in [0.1, 0.15) is 0 Å². The fraction of sp³-hybridized carbons (Fsp3) is 0. The fourth-order valence-electron chi connectivity index (χ4n) is 2.16. The lowest BCUT2D eigenvalue weighted by atomic mass is 10.2. The van der Waals surface area contributed by atoms with E-state index in [0.29, 0.717) is 10.9 Å². The molecule has 0 atom stereocenters. The lowest BCUT2D eigenvalue weighted by Gasteiger charge is -2.10. The zero-order valence-corrected chi connectivity index (χ0v) is 11.6. The third kappa shape index (κ3) is 2.13. The number of nitrogen functional groups attached to an aromatic ring is 1. The molecule has 0 saturated carbocycles.